The fourth-order valence-corrected chi connectivity index (χ4v) is 1.49. The highest BCUT2D eigenvalue weighted by Crippen LogP contribution is 2.28. The van der Waals surface area contributed by atoms with Crippen LogP contribution in [-0.2, 0) is 0 Å². The van der Waals surface area contributed by atoms with E-state index in [1.54, 1.807) is 0 Å². The molecule has 1 aliphatic carbocycles. The maximum atomic E-state index is 2.30. The van der Waals surface area contributed by atoms with Gasteiger partial charge in [0.1, 0.15) is 0 Å². The monoisotopic (exact) mass is 148 g/mol. The number of hydrogen-bond acceptors (Lipinski definition) is 0. The highest BCUT2D eigenvalue weighted by atomic mass is 14.1. The Hall–Kier alpha value is -0.780. The first-order valence-electron chi connectivity index (χ1n) is 4.30. The van der Waals surface area contributed by atoms with Crippen LogP contribution in [-0.4, -0.2) is 0 Å². The van der Waals surface area contributed by atoms with Gasteiger partial charge in [-0.15, -0.1) is 0 Å². The van der Waals surface area contributed by atoms with E-state index in [1.165, 1.54) is 16.7 Å². The number of hydrogen-bond donors (Lipinski definition) is 0. The molecule has 0 saturated heterocycles. The predicted octanol–water partition coefficient (Wildman–Crippen LogP) is 3.62. The Morgan fingerprint density at radius 2 is 2.27 bits per heavy atom. The summed E-state index contributed by atoms with van der Waals surface area (Å²) in [5, 5.41) is 0. The Balaban J connectivity index is 2.86. The van der Waals surface area contributed by atoms with Crippen molar-refractivity contribution in [2.24, 2.45) is 0 Å². The molecule has 0 bridgehead atoms. The Morgan fingerprint density at radius 1 is 1.55 bits per heavy atom. The SMILES string of the molecule is C/C=C1/CC(C)=C/C1=C/CC. The average Bonchev–Trinajstić information content (AvgIpc) is 2.32. The molecule has 0 heterocycles. The smallest absolute Gasteiger partial charge is 0.00640 e. The number of rotatable bonds is 1. The minimum absolute atomic E-state index is 1.14. The van der Waals surface area contributed by atoms with Gasteiger partial charge in [-0.25, -0.2) is 0 Å². The van der Waals surface area contributed by atoms with Crippen LogP contribution < -0.4 is 0 Å². The Kier molecular flexibility index (Phi) is 2.70. The molecule has 0 aromatic rings. The summed E-state index contributed by atoms with van der Waals surface area (Å²) < 4.78 is 0. The molecule has 0 spiro atoms. The van der Waals surface area contributed by atoms with E-state index in [2.05, 4.69) is 39.0 Å². The van der Waals surface area contributed by atoms with Crippen molar-refractivity contribution in [2.75, 3.05) is 0 Å². The molecule has 0 amide bonds. The molecule has 1 aliphatic rings. The van der Waals surface area contributed by atoms with Gasteiger partial charge in [-0.05, 0) is 37.8 Å². The minimum atomic E-state index is 1.14. The Morgan fingerprint density at radius 3 is 2.82 bits per heavy atom. The lowest BCUT2D eigenvalue weighted by atomic mass is 10.1. The summed E-state index contributed by atoms with van der Waals surface area (Å²) in [6.07, 6.45) is 9.10. The largest absolute Gasteiger partial charge is 0.0835 e. The Labute approximate surface area is 69.3 Å². The molecule has 0 aliphatic heterocycles. The highest BCUT2D eigenvalue weighted by molar-refractivity contribution is 5.49. The summed E-state index contributed by atoms with van der Waals surface area (Å²) in [4.78, 5) is 0. The summed E-state index contributed by atoms with van der Waals surface area (Å²) >= 11 is 0. The van der Waals surface area contributed by atoms with Gasteiger partial charge in [0.2, 0.25) is 0 Å². The molecule has 0 aromatic carbocycles. The molecule has 0 radical (unpaired) electrons. The molecule has 0 unspecified atom stereocenters. The maximum absolute atomic E-state index is 2.30. The van der Waals surface area contributed by atoms with Crippen LogP contribution in [0.15, 0.2) is 34.9 Å². The van der Waals surface area contributed by atoms with Crippen molar-refractivity contribution in [3.63, 3.8) is 0 Å². The molecule has 0 fully saturated rings. The molecule has 0 saturated carbocycles. The second kappa shape index (κ2) is 3.56. The Bertz CT molecular complexity index is 226. The van der Waals surface area contributed by atoms with Gasteiger partial charge in [-0.3, -0.25) is 0 Å². The lowest BCUT2D eigenvalue weighted by Gasteiger charge is -1.97. The van der Waals surface area contributed by atoms with Crippen molar-refractivity contribution in [1.29, 1.82) is 0 Å². The second-order valence-corrected chi connectivity index (χ2v) is 3.05. The van der Waals surface area contributed by atoms with Crippen LogP contribution in [0.25, 0.3) is 0 Å². The first-order valence-corrected chi connectivity index (χ1v) is 4.30. The van der Waals surface area contributed by atoms with Crippen molar-refractivity contribution < 1.29 is 0 Å². The zero-order valence-electron chi connectivity index (χ0n) is 7.65. The van der Waals surface area contributed by atoms with Crippen molar-refractivity contribution in [1.82, 2.24) is 0 Å². The molecule has 60 valence electrons. The standard InChI is InChI=1S/C11H16/c1-4-6-11-8-9(3)7-10(11)5-2/h5-6,8H,4,7H2,1-3H3/b10-5-,11-6-. The van der Waals surface area contributed by atoms with E-state index in [1.807, 2.05) is 0 Å². The summed E-state index contributed by atoms with van der Waals surface area (Å²) in [7, 11) is 0. The van der Waals surface area contributed by atoms with E-state index in [0.29, 0.717) is 0 Å². The molecule has 0 N–H and O–H groups in total. The summed E-state index contributed by atoms with van der Waals surface area (Å²) in [5.41, 5.74) is 4.41. The second-order valence-electron chi connectivity index (χ2n) is 3.05. The van der Waals surface area contributed by atoms with Crippen LogP contribution >= 0.6 is 0 Å². The van der Waals surface area contributed by atoms with E-state index in [0.717, 1.165) is 12.8 Å². The van der Waals surface area contributed by atoms with E-state index in [4.69, 9.17) is 0 Å². The zero-order chi connectivity index (χ0) is 8.27. The predicted molar refractivity (Wildman–Crippen MR) is 50.5 cm³/mol. The average molecular weight is 148 g/mol. The quantitative estimate of drug-likeness (QED) is 0.532. The summed E-state index contributed by atoms with van der Waals surface area (Å²) in [6.45, 7) is 6.49. The van der Waals surface area contributed by atoms with Gasteiger partial charge in [0.25, 0.3) is 0 Å². The van der Waals surface area contributed by atoms with Crippen LogP contribution in [0.2, 0.25) is 0 Å². The van der Waals surface area contributed by atoms with Crippen molar-refractivity contribution in [3.8, 4) is 0 Å². The number of allylic oxidation sites excluding steroid dienone is 6. The molecule has 0 nitrogen and oxygen atoms in total. The first kappa shape index (κ1) is 8.32. The third-order valence-electron chi connectivity index (χ3n) is 2.01. The normalized spacial score (nSPS) is 24.8. The van der Waals surface area contributed by atoms with E-state index in [-0.39, 0.29) is 0 Å². The summed E-state index contributed by atoms with van der Waals surface area (Å²) in [5.74, 6) is 0. The van der Waals surface area contributed by atoms with Gasteiger partial charge in [-0.1, -0.05) is 30.7 Å². The van der Waals surface area contributed by atoms with E-state index >= 15 is 0 Å². The first-order chi connectivity index (χ1) is 5.27. The van der Waals surface area contributed by atoms with Crippen molar-refractivity contribution >= 4 is 0 Å². The van der Waals surface area contributed by atoms with Crippen LogP contribution in [0.4, 0.5) is 0 Å². The van der Waals surface area contributed by atoms with Gasteiger partial charge >= 0.3 is 0 Å². The van der Waals surface area contributed by atoms with E-state index in [9.17, 15) is 0 Å². The minimum Gasteiger partial charge on any atom is -0.0835 e. The maximum Gasteiger partial charge on any atom is -0.00640 e. The van der Waals surface area contributed by atoms with Gasteiger partial charge in [0.05, 0.1) is 0 Å². The molecular formula is C11H16. The van der Waals surface area contributed by atoms with Crippen LogP contribution in [0.3, 0.4) is 0 Å². The highest BCUT2D eigenvalue weighted by Gasteiger charge is 2.09. The lowest BCUT2D eigenvalue weighted by Crippen LogP contribution is -1.77. The molecule has 11 heavy (non-hydrogen) atoms. The van der Waals surface area contributed by atoms with Gasteiger partial charge in [0, 0.05) is 0 Å². The van der Waals surface area contributed by atoms with Gasteiger partial charge in [-0.2, -0.15) is 0 Å². The van der Waals surface area contributed by atoms with Crippen LogP contribution in [0, 0.1) is 0 Å². The van der Waals surface area contributed by atoms with Gasteiger partial charge in [0.15, 0.2) is 0 Å². The lowest BCUT2D eigenvalue weighted by molar-refractivity contribution is 1.17. The molecular weight excluding hydrogens is 132 g/mol. The molecule has 0 heteroatoms. The van der Waals surface area contributed by atoms with Crippen LogP contribution in [0.1, 0.15) is 33.6 Å². The molecule has 0 atom stereocenters. The van der Waals surface area contributed by atoms with Crippen molar-refractivity contribution in [2.45, 2.75) is 33.6 Å². The molecule has 1 rings (SSSR count). The van der Waals surface area contributed by atoms with Gasteiger partial charge < -0.3 is 0 Å². The van der Waals surface area contributed by atoms with Crippen LogP contribution in [0.5, 0.6) is 0 Å². The fourth-order valence-electron chi connectivity index (χ4n) is 1.49. The van der Waals surface area contributed by atoms with E-state index < -0.39 is 0 Å². The fraction of sp³-hybridized carbons (Fsp3) is 0.455. The topological polar surface area (TPSA) is 0 Å². The summed E-state index contributed by atoms with van der Waals surface area (Å²) in [6, 6.07) is 0. The third-order valence-corrected chi connectivity index (χ3v) is 2.01. The van der Waals surface area contributed by atoms with Crippen molar-refractivity contribution in [3.05, 3.63) is 34.9 Å². The third kappa shape index (κ3) is 1.83. The zero-order valence-corrected chi connectivity index (χ0v) is 7.65. The molecule has 0 aromatic heterocycles.